The van der Waals surface area contributed by atoms with Crippen LogP contribution in [0.25, 0.3) is 0 Å². The molecule has 25 heavy (non-hydrogen) atoms. The molecule has 1 fully saturated rings. The van der Waals surface area contributed by atoms with Gasteiger partial charge in [0.25, 0.3) is 0 Å². The van der Waals surface area contributed by atoms with Crippen LogP contribution in [-0.4, -0.2) is 53.5 Å². The van der Waals surface area contributed by atoms with Crippen LogP contribution in [0.15, 0.2) is 24.3 Å². The maximum absolute atomic E-state index is 13.2. The van der Waals surface area contributed by atoms with E-state index in [1.165, 1.54) is 5.56 Å². The molecule has 2 amide bonds. The normalized spacial score (nSPS) is 23.5. The van der Waals surface area contributed by atoms with Crippen molar-refractivity contribution in [3.05, 3.63) is 35.4 Å². The van der Waals surface area contributed by atoms with E-state index in [2.05, 4.69) is 12.1 Å². The van der Waals surface area contributed by atoms with E-state index in [4.69, 9.17) is 4.74 Å². The molecule has 0 bridgehead atoms. The Morgan fingerprint density at radius 3 is 2.64 bits per heavy atom. The number of fused-ring (bicyclic) bond motifs is 1. The maximum Gasteiger partial charge on any atom is 0.245 e. The minimum atomic E-state index is -0.397. The molecule has 2 heterocycles. The Bertz CT molecular complexity index is 644. The van der Waals surface area contributed by atoms with Crippen LogP contribution in [-0.2, 0) is 27.3 Å². The first-order valence-electron chi connectivity index (χ1n) is 9.22. The monoisotopic (exact) mass is 344 g/mol. The number of morpholine rings is 1. The largest absolute Gasteiger partial charge is 0.375 e. The Kier molecular flexibility index (Phi) is 5.42. The van der Waals surface area contributed by atoms with E-state index in [1.807, 2.05) is 37.8 Å². The minimum Gasteiger partial charge on any atom is -0.375 e. The molecular formula is C20H28N2O3. The molecule has 0 N–H and O–H groups in total. The molecule has 0 aromatic heterocycles. The van der Waals surface area contributed by atoms with Gasteiger partial charge in [0.1, 0.15) is 6.04 Å². The Morgan fingerprint density at radius 1 is 1.24 bits per heavy atom. The summed E-state index contributed by atoms with van der Waals surface area (Å²) in [6, 6.07) is 7.73. The van der Waals surface area contributed by atoms with E-state index >= 15 is 0 Å². The summed E-state index contributed by atoms with van der Waals surface area (Å²) in [4.78, 5) is 29.7. The molecule has 0 spiro atoms. The predicted molar refractivity (Wildman–Crippen MR) is 95.9 cm³/mol. The highest BCUT2D eigenvalue weighted by atomic mass is 16.5. The summed E-state index contributed by atoms with van der Waals surface area (Å²) < 4.78 is 5.55. The number of benzene rings is 1. The van der Waals surface area contributed by atoms with Crippen molar-refractivity contribution >= 4 is 11.8 Å². The second-order valence-corrected chi connectivity index (χ2v) is 7.57. The summed E-state index contributed by atoms with van der Waals surface area (Å²) in [5.41, 5.74) is 2.33. The van der Waals surface area contributed by atoms with Crippen LogP contribution in [0.4, 0.5) is 0 Å². The Balaban J connectivity index is 1.84. The number of carbonyl (C=O) groups excluding carboxylic acids is 2. The Hall–Kier alpha value is -1.88. The van der Waals surface area contributed by atoms with Gasteiger partial charge in [-0.15, -0.1) is 0 Å². The zero-order valence-corrected chi connectivity index (χ0v) is 15.4. The Labute approximate surface area is 149 Å². The molecule has 2 aliphatic rings. The average Bonchev–Trinajstić information content (AvgIpc) is 2.59. The van der Waals surface area contributed by atoms with Gasteiger partial charge in [-0.3, -0.25) is 9.59 Å². The number of carbonyl (C=O) groups is 2. The third-order valence-corrected chi connectivity index (χ3v) is 4.99. The Morgan fingerprint density at radius 2 is 1.96 bits per heavy atom. The number of hydrogen-bond acceptors (Lipinski definition) is 3. The first kappa shape index (κ1) is 17.9. The van der Waals surface area contributed by atoms with Gasteiger partial charge < -0.3 is 14.5 Å². The van der Waals surface area contributed by atoms with Crippen molar-refractivity contribution in [1.29, 1.82) is 0 Å². The summed E-state index contributed by atoms with van der Waals surface area (Å²) in [6.07, 6.45) is 1.13. The van der Waals surface area contributed by atoms with Crippen molar-refractivity contribution in [2.45, 2.75) is 52.3 Å². The topological polar surface area (TPSA) is 49.9 Å². The van der Waals surface area contributed by atoms with Gasteiger partial charge in [0.2, 0.25) is 11.8 Å². The maximum atomic E-state index is 13.2. The highest BCUT2D eigenvalue weighted by molar-refractivity contribution is 5.88. The molecule has 0 aliphatic carbocycles. The molecule has 1 saturated heterocycles. The number of ether oxygens (including phenoxy) is 1. The molecule has 5 nitrogen and oxygen atoms in total. The smallest absolute Gasteiger partial charge is 0.245 e. The van der Waals surface area contributed by atoms with E-state index in [-0.39, 0.29) is 23.8 Å². The fraction of sp³-hybridized carbons (Fsp3) is 0.600. The highest BCUT2D eigenvalue weighted by Gasteiger charge is 2.37. The molecule has 0 saturated carbocycles. The van der Waals surface area contributed by atoms with Crippen molar-refractivity contribution < 1.29 is 14.3 Å². The zero-order chi connectivity index (χ0) is 18.0. The fourth-order valence-electron chi connectivity index (χ4n) is 3.70. The summed E-state index contributed by atoms with van der Waals surface area (Å²) in [6.45, 7) is 8.36. The van der Waals surface area contributed by atoms with Crippen molar-refractivity contribution in [2.24, 2.45) is 5.92 Å². The van der Waals surface area contributed by atoms with E-state index in [9.17, 15) is 9.59 Å². The number of rotatable bonds is 3. The number of amides is 2. The third kappa shape index (κ3) is 4.03. The molecule has 2 aliphatic heterocycles. The van der Waals surface area contributed by atoms with Gasteiger partial charge in [-0.2, -0.15) is 0 Å². The van der Waals surface area contributed by atoms with Gasteiger partial charge in [0, 0.05) is 32.5 Å². The van der Waals surface area contributed by atoms with Crippen LogP contribution in [0.3, 0.4) is 0 Å². The lowest BCUT2D eigenvalue weighted by Crippen LogP contribution is -2.56. The summed E-state index contributed by atoms with van der Waals surface area (Å²) >= 11 is 0. The second-order valence-electron chi connectivity index (χ2n) is 7.57. The van der Waals surface area contributed by atoms with Crippen molar-refractivity contribution in [2.75, 3.05) is 19.7 Å². The fourth-order valence-corrected chi connectivity index (χ4v) is 3.70. The molecule has 0 unspecified atom stereocenters. The van der Waals surface area contributed by atoms with Gasteiger partial charge >= 0.3 is 0 Å². The molecule has 0 radical (unpaired) electrons. The van der Waals surface area contributed by atoms with Gasteiger partial charge in [-0.1, -0.05) is 38.1 Å². The van der Waals surface area contributed by atoms with Gasteiger partial charge in [0.15, 0.2) is 0 Å². The lowest BCUT2D eigenvalue weighted by atomic mass is 9.92. The molecule has 3 rings (SSSR count). The lowest BCUT2D eigenvalue weighted by molar-refractivity contribution is -0.151. The predicted octanol–water partition coefficient (Wildman–Crippen LogP) is 2.23. The summed E-state index contributed by atoms with van der Waals surface area (Å²) in [5, 5.41) is 0. The van der Waals surface area contributed by atoms with Crippen molar-refractivity contribution in [1.82, 2.24) is 9.80 Å². The second kappa shape index (κ2) is 7.56. The van der Waals surface area contributed by atoms with Gasteiger partial charge in [-0.05, 0) is 24.0 Å². The van der Waals surface area contributed by atoms with Gasteiger partial charge in [-0.25, -0.2) is 0 Å². The molecule has 5 heteroatoms. The molecular weight excluding hydrogens is 316 g/mol. The first-order valence-corrected chi connectivity index (χ1v) is 9.22. The lowest BCUT2D eigenvalue weighted by Gasteiger charge is -2.40. The molecule has 2 atom stereocenters. The molecule has 1 aromatic rings. The SMILES string of the molecule is CC(C)CC(=O)N1Cc2ccccc2C[C@H]1C(=O)N1CCO[C@@H](C)C1. The van der Waals surface area contributed by atoms with Crippen LogP contribution in [0.5, 0.6) is 0 Å². The van der Waals surface area contributed by atoms with Crippen LogP contribution in [0.2, 0.25) is 0 Å². The summed E-state index contributed by atoms with van der Waals surface area (Å²) in [5.74, 6) is 0.412. The van der Waals surface area contributed by atoms with E-state index in [0.29, 0.717) is 39.1 Å². The standard InChI is InChI=1S/C20H28N2O3/c1-14(2)10-19(23)22-13-17-7-5-4-6-16(17)11-18(22)20(24)21-8-9-25-15(3)12-21/h4-7,14-15,18H,8-13H2,1-3H3/t15-,18-/m0/s1. The quantitative estimate of drug-likeness (QED) is 0.845. The van der Waals surface area contributed by atoms with Crippen molar-refractivity contribution in [3.63, 3.8) is 0 Å². The zero-order valence-electron chi connectivity index (χ0n) is 15.4. The first-order chi connectivity index (χ1) is 12.0. The van der Waals surface area contributed by atoms with Crippen LogP contribution < -0.4 is 0 Å². The van der Waals surface area contributed by atoms with E-state index in [1.54, 1.807) is 4.90 Å². The average molecular weight is 344 g/mol. The minimum absolute atomic E-state index is 0.0494. The molecule has 136 valence electrons. The number of nitrogens with zero attached hydrogens (tertiary/aromatic N) is 2. The van der Waals surface area contributed by atoms with E-state index in [0.717, 1.165) is 5.56 Å². The van der Waals surface area contributed by atoms with Crippen LogP contribution >= 0.6 is 0 Å². The highest BCUT2D eigenvalue weighted by Crippen LogP contribution is 2.26. The van der Waals surface area contributed by atoms with Crippen LogP contribution in [0.1, 0.15) is 38.3 Å². The third-order valence-electron chi connectivity index (χ3n) is 4.99. The van der Waals surface area contributed by atoms with Crippen molar-refractivity contribution in [3.8, 4) is 0 Å². The van der Waals surface area contributed by atoms with E-state index < -0.39 is 6.04 Å². The van der Waals surface area contributed by atoms with Crippen LogP contribution in [0, 0.1) is 5.92 Å². The van der Waals surface area contributed by atoms with Gasteiger partial charge in [0.05, 0.1) is 12.7 Å². The molecule has 1 aromatic carbocycles. The summed E-state index contributed by atoms with van der Waals surface area (Å²) in [7, 11) is 0. The number of hydrogen-bond donors (Lipinski definition) is 0.